The van der Waals surface area contributed by atoms with Gasteiger partial charge in [0.15, 0.2) is 17.2 Å². The van der Waals surface area contributed by atoms with E-state index in [0.29, 0.717) is 45.5 Å². The first-order valence-corrected chi connectivity index (χ1v) is 10.0. The van der Waals surface area contributed by atoms with Crippen molar-refractivity contribution in [2.24, 2.45) is 0 Å². The van der Waals surface area contributed by atoms with Crippen molar-refractivity contribution in [2.75, 3.05) is 31.4 Å². The highest BCUT2D eigenvalue weighted by Crippen LogP contribution is 2.40. The Hall–Kier alpha value is -4.06. The molecule has 12 heteroatoms. The summed E-state index contributed by atoms with van der Waals surface area (Å²) < 4.78 is 24.9. The van der Waals surface area contributed by atoms with E-state index in [9.17, 15) is 4.79 Å². The Morgan fingerprint density at radius 2 is 1.81 bits per heavy atom. The average Bonchev–Trinajstić information content (AvgIpc) is 3.43. The zero-order valence-electron chi connectivity index (χ0n) is 17.3. The maximum absolute atomic E-state index is 11.0. The normalized spacial score (nSPS) is 10.7. The number of benzene rings is 2. The Kier molecular flexibility index (Phi) is 5.94. The topological polar surface area (TPSA) is 144 Å². The largest absolute Gasteiger partial charge is 0.495 e. The number of methoxy groups -OCH3 is 3. The number of aromatic nitrogens is 3. The molecule has 4 rings (SSSR count). The molecular weight excluding hydrogens is 438 g/mol. The van der Waals surface area contributed by atoms with Crippen molar-refractivity contribution in [3.63, 3.8) is 0 Å². The predicted molar refractivity (Wildman–Crippen MR) is 118 cm³/mol. The number of nitrogens with zero attached hydrogens (tertiary/aromatic N) is 2. The molecule has 0 atom stereocenters. The molecule has 0 aliphatic rings. The van der Waals surface area contributed by atoms with Crippen molar-refractivity contribution in [1.29, 1.82) is 0 Å². The maximum Gasteiger partial charge on any atom is 0.353 e. The second kappa shape index (κ2) is 8.98. The van der Waals surface area contributed by atoms with Gasteiger partial charge >= 0.3 is 5.97 Å². The second-order valence-electron chi connectivity index (χ2n) is 6.37. The molecule has 2 aromatic carbocycles. The number of anilines is 3. The maximum atomic E-state index is 11.0. The Morgan fingerprint density at radius 3 is 2.44 bits per heavy atom. The van der Waals surface area contributed by atoms with E-state index in [1.54, 1.807) is 26.4 Å². The van der Waals surface area contributed by atoms with Gasteiger partial charge in [0, 0.05) is 12.1 Å². The summed E-state index contributed by atoms with van der Waals surface area (Å²) in [5.74, 6) is 1.48. The molecule has 0 aliphatic carbocycles. The number of fused-ring (bicyclic) bond motifs is 1. The van der Waals surface area contributed by atoms with Gasteiger partial charge in [-0.3, -0.25) is 5.10 Å². The average molecular weight is 457 g/mol. The fraction of sp³-hybridized carbons (Fsp3) is 0.150. The number of H-pyrrole nitrogens is 1. The van der Waals surface area contributed by atoms with Gasteiger partial charge in [-0.25, -0.2) is 4.79 Å². The fourth-order valence-corrected chi connectivity index (χ4v) is 3.81. The minimum absolute atomic E-state index is 0.0394. The lowest BCUT2D eigenvalue weighted by Gasteiger charge is -2.12. The molecule has 0 saturated heterocycles. The highest BCUT2D eigenvalue weighted by Gasteiger charge is 2.17. The zero-order chi connectivity index (χ0) is 22.7. The third-order valence-corrected chi connectivity index (χ3v) is 5.40. The van der Waals surface area contributed by atoms with Crippen LogP contribution < -0.4 is 24.2 Å². The van der Waals surface area contributed by atoms with Crippen LogP contribution in [0.5, 0.6) is 17.2 Å². The molecule has 4 aromatic rings. The van der Waals surface area contributed by atoms with Crippen molar-refractivity contribution in [3.8, 4) is 17.2 Å². The molecule has 32 heavy (non-hydrogen) atoms. The van der Waals surface area contributed by atoms with E-state index in [0.717, 1.165) is 4.90 Å². The summed E-state index contributed by atoms with van der Waals surface area (Å²) in [4.78, 5) is 11.8. The van der Waals surface area contributed by atoms with Gasteiger partial charge in [0.1, 0.15) is 27.8 Å². The van der Waals surface area contributed by atoms with Crippen LogP contribution in [0.15, 0.2) is 45.8 Å². The number of hydrogen-bond acceptors (Lipinski definition) is 10. The molecule has 0 radical (unpaired) electrons. The van der Waals surface area contributed by atoms with Gasteiger partial charge in [-0.1, -0.05) is 11.2 Å². The zero-order valence-corrected chi connectivity index (χ0v) is 18.1. The van der Waals surface area contributed by atoms with E-state index in [4.69, 9.17) is 23.8 Å². The van der Waals surface area contributed by atoms with Crippen LogP contribution in [0.3, 0.4) is 0 Å². The van der Waals surface area contributed by atoms with E-state index >= 15 is 0 Å². The van der Waals surface area contributed by atoms with Crippen LogP contribution in [0, 0.1) is 0 Å². The van der Waals surface area contributed by atoms with Crippen LogP contribution in [-0.4, -0.2) is 47.8 Å². The first kappa shape index (κ1) is 21.2. The molecule has 11 nitrogen and oxygen atoms in total. The summed E-state index contributed by atoms with van der Waals surface area (Å²) in [5.41, 5.74) is 0.977. The highest BCUT2D eigenvalue weighted by molar-refractivity contribution is 8.00. The number of ether oxygens (including phenoxy) is 3. The minimum Gasteiger partial charge on any atom is -0.495 e. The molecule has 0 amide bonds. The number of carbonyl (C=O) groups is 1. The van der Waals surface area contributed by atoms with Gasteiger partial charge in [0.05, 0.1) is 32.4 Å². The first-order chi connectivity index (χ1) is 15.5. The lowest BCUT2D eigenvalue weighted by molar-refractivity contribution is 0.0690. The Balaban J connectivity index is 1.61. The Bertz CT molecular complexity index is 1250. The van der Waals surface area contributed by atoms with Crippen molar-refractivity contribution < 1.29 is 28.6 Å². The number of aromatic amines is 1. The van der Waals surface area contributed by atoms with Crippen LogP contribution in [0.2, 0.25) is 0 Å². The van der Waals surface area contributed by atoms with Crippen molar-refractivity contribution in [3.05, 3.63) is 42.1 Å². The van der Waals surface area contributed by atoms with Crippen molar-refractivity contribution in [2.45, 2.75) is 4.90 Å². The Morgan fingerprint density at radius 1 is 1.09 bits per heavy atom. The summed E-state index contributed by atoms with van der Waals surface area (Å²) in [7, 11) is 4.69. The monoisotopic (exact) mass is 457 g/mol. The van der Waals surface area contributed by atoms with Crippen LogP contribution in [0.1, 0.15) is 10.5 Å². The van der Waals surface area contributed by atoms with Gasteiger partial charge < -0.3 is 33.9 Å². The summed E-state index contributed by atoms with van der Waals surface area (Å²) >= 11 is 1.27. The van der Waals surface area contributed by atoms with Crippen LogP contribution in [0.4, 0.5) is 17.3 Å². The summed E-state index contributed by atoms with van der Waals surface area (Å²) in [6.07, 6.45) is 0. The van der Waals surface area contributed by atoms with Crippen molar-refractivity contribution in [1.82, 2.24) is 15.4 Å². The minimum atomic E-state index is -1.11. The molecule has 0 saturated carbocycles. The second-order valence-corrected chi connectivity index (χ2v) is 7.19. The quantitative estimate of drug-likeness (QED) is 0.269. The Labute approximate surface area is 186 Å². The lowest BCUT2D eigenvalue weighted by atomic mass is 10.2. The highest BCUT2D eigenvalue weighted by atomic mass is 32.2. The van der Waals surface area contributed by atoms with Gasteiger partial charge in [-0.05, 0) is 30.1 Å². The van der Waals surface area contributed by atoms with Crippen molar-refractivity contribution >= 4 is 46.2 Å². The van der Waals surface area contributed by atoms with Crippen LogP contribution in [0.25, 0.3) is 11.0 Å². The van der Waals surface area contributed by atoms with Gasteiger partial charge in [0.2, 0.25) is 0 Å². The summed E-state index contributed by atoms with van der Waals surface area (Å²) in [5, 5.41) is 23.2. The summed E-state index contributed by atoms with van der Waals surface area (Å²) in [6.45, 7) is 0. The van der Waals surface area contributed by atoms with E-state index in [1.807, 2.05) is 18.2 Å². The molecule has 0 spiro atoms. The third kappa shape index (κ3) is 4.07. The molecule has 2 aromatic heterocycles. The molecule has 0 bridgehead atoms. The number of nitrogens with one attached hydrogen (secondary N) is 3. The molecule has 4 N–H and O–H groups in total. The molecule has 0 unspecified atom stereocenters. The van der Waals surface area contributed by atoms with E-state index < -0.39 is 5.97 Å². The fourth-order valence-electron chi connectivity index (χ4n) is 2.96. The third-order valence-electron chi connectivity index (χ3n) is 4.50. The number of carboxylic acid groups (broad SMARTS) is 1. The van der Waals surface area contributed by atoms with E-state index in [-0.39, 0.29) is 5.69 Å². The standard InChI is InChI=1S/C20H19N5O6S/c1-28-13-5-4-6-14(29-2)18(13)32-25-19-10-7-16(30-3)11(8-15(10)31-24-19)21-17-9-12(20(26)27)22-23-17/h4-9H,1-3H3,(H,24,25)(H,26,27)(H2,21,22,23). The SMILES string of the molecule is COc1cc2c(NSc3c(OC)cccc3OC)noc2cc1Nc1cc(C(=O)O)[nH]n1. The van der Waals surface area contributed by atoms with Crippen LogP contribution in [-0.2, 0) is 0 Å². The molecule has 0 fully saturated rings. The number of rotatable bonds is 9. The molecule has 0 aliphatic heterocycles. The van der Waals surface area contributed by atoms with E-state index in [1.165, 1.54) is 25.1 Å². The number of carboxylic acids is 1. The molecular formula is C20H19N5O6S. The molecule has 166 valence electrons. The smallest absolute Gasteiger partial charge is 0.353 e. The first-order valence-electron chi connectivity index (χ1n) is 9.21. The van der Waals surface area contributed by atoms with Gasteiger partial charge in [-0.2, -0.15) is 5.10 Å². The summed E-state index contributed by atoms with van der Waals surface area (Å²) in [6, 6.07) is 10.3. The number of hydrogen-bond donors (Lipinski definition) is 4. The van der Waals surface area contributed by atoms with Crippen LogP contribution >= 0.6 is 11.9 Å². The molecule has 2 heterocycles. The predicted octanol–water partition coefficient (Wildman–Crippen LogP) is 4.14. The van der Waals surface area contributed by atoms with E-state index in [2.05, 4.69) is 25.4 Å². The number of aromatic carboxylic acids is 1. The van der Waals surface area contributed by atoms with Gasteiger partial charge in [0.25, 0.3) is 0 Å². The lowest BCUT2D eigenvalue weighted by Crippen LogP contribution is -1.96. The van der Waals surface area contributed by atoms with Gasteiger partial charge in [-0.15, -0.1) is 0 Å².